The highest BCUT2D eigenvalue weighted by molar-refractivity contribution is 7.84. The molecular formula is C13H20N2O2S. The van der Waals surface area contributed by atoms with Crippen LogP contribution in [0.15, 0.2) is 29.2 Å². The fourth-order valence-corrected chi connectivity index (χ4v) is 2.14. The van der Waals surface area contributed by atoms with Gasteiger partial charge in [0.05, 0.1) is 5.54 Å². The Balaban J connectivity index is 2.74. The fourth-order valence-electron chi connectivity index (χ4n) is 1.62. The Morgan fingerprint density at radius 1 is 1.33 bits per heavy atom. The lowest BCUT2D eigenvalue weighted by molar-refractivity contribution is -0.134. The minimum absolute atomic E-state index is 0.106. The average Bonchev–Trinajstić information content (AvgIpc) is 2.27. The molecule has 0 heterocycles. The van der Waals surface area contributed by atoms with Crippen molar-refractivity contribution in [3.63, 3.8) is 0 Å². The Hall–Kier alpha value is -1.20. The summed E-state index contributed by atoms with van der Waals surface area (Å²) < 4.78 is 11.2. The van der Waals surface area contributed by atoms with Crippen LogP contribution in [0, 0.1) is 0 Å². The fraction of sp³-hybridized carbons (Fsp3) is 0.462. The molecule has 5 heteroatoms. The van der Waals surface area contributed by atoms with E-state index in [1.165, 1.54) is 0 Å². The smallest absolute Gasteiger partial charge is 0.242 e. The number of likely N-dealkylation sites (N-methyl/N-ethyl adjacent to an activating group) is 1. The minimum atomic E-state index is -0.973. The number of carbonyl (C=O) groups excluding carboxylic acids is 1. The molecule has 0 bridgehead atoms. The van der Waals surface area contributed by atoms with Gasteiger partial charge in [-0.15, -0.1) is 0 Å². The van der Waals surface area contributed by atoms with Crippen molar-refractivity contribution in [2.75, 3.05) is 13.3 Å². The lowest BCUT2D eigenvalue weighted by Gasteiger charge is -2.25. The molecule has 1 unspecified atom stereocenters. The molecule has 0 aliphatic rings. The molecule has 100 valence electrons. The van der Waals surface area contributed by atoms with Crippen LogP contribution in [-0.4, -0.2) is 33.9 Å². The first-order valence-electron chi connectivity index (χ1n) is 5.68. The first-order chi connectivity index (χ1) is 8.21. The molecule has 0 fully saturated rings. The zero-order chi connectivity index (χ0) is 13.9. The maximum atomic E-state index is 11.9. The van der Waals surface area contributed by atoms with Gasteiger partial charge in [0.25, 0.3) is 0 Å². The predicted molar refractivity (Wildman–Crippen MR) is 73.5 cm³/mol. The van der Waals surface area contributed by atoms with Gasteiger partial charge < -0.3 is 10.6 Å². The van der Waals surface area contributed by atoms with Crippen LogP contribution in [0.5, 0.6) is 0 Å². The summed E-state index contributed by atoms with van der Waals surface area (Å²) in [4.78, 5) is 14.3. The van der Waals surface area contributed by atoms with E-state index in [0.29, 0.717) is 6.54 Å². The monoisotopic (exact) mass is 268 g/mol. The maximum absolute atomic E-state index is 11.9. The summed E-state index contributed by atoms with van der Waals surface area (Å²) in [6.07, 6.45) is 1.64. The number of nitrogens with two attached hydrogens (primary N) is 1. The van der Waals surface area contributed by atoms with Crippen molar-refractivity contribution >= 4 is 16.7 Å². The molecule has 0 spiro atoms. The van der Waals surface area contributed by atoms with Gasteiger partial charge >= 0.3 is 0 Å². The van der Waals surface area contributed by atoms with Gasteiger partial charge in [-0.3, -0.25) is 9.00 Å². The Labute approximate surface area is 111 Å². The van der Waals surface area contributed by atoms with Gasteiger partial charge in [0.1, 0.15) is 0 Å². The van der Waals surface area contributed by atoms with Crippen molar-refractivity contribution in [2.24, 2.45) is 5.73 Å². The number of hydrogen-bond acceptors (Lipinski definition) is 3. The third-order valence-electron chi connectivity index (χ3n) is 2.57. The molecule has 0 aromatic heterocycles. The van der Waals surface area contributed by atoms with Crippen molar-refractivity contribution in [1.29, 1.82) is 0 Å². The molecule has 0 saturated heterocycles. The van der Waals surface area contributed by atoms with Crippen LogP contribution < -0.4 is 5.73 Å². The van der Waals surface area contributed by atoms with E-state index < -0.39 is 16.3 Å². The van der Waals surface area contributed by atoms with Crippen molar-refractivity contribution in [1.82, 2.24) is 4.90 Å². The van der Waals surface area contributed by atoms with E-state index in [4.69, 9.17) is 5.73 Å². The second kappa shape index (κ2) is 5.63. The molecule has 18 heavy (non-hydrogen) atoms. The molecule has 0 aliphatic carbocycles. The predicted octanol–water partition coefficient (Wildman–Crippen LogP) is 1.12. The summed E-state index contributed by atoms with van der Waals surface area (Å²) in [5.74, 6) is -0.106. The molecule has 1 aromatic rings. The quantitative estimate of drug-likeness (QED) is 0.890. The summed E-state index contributed by atoms with van der Waals surface area (Å²) in [5.41, 5.74) is 5.89. The lowest BCUT2D eigenvalue weighted by atomic mass is 10.1. The zero-order valence-electron chi connectivity index (χ0n) is 11.3. The topological polar surface area (TPSA) is 63.4 Å². The van der Waals surface area contributed by atoms with Gasteiger partial charge in [0.15, 0.2) is 0 Å². The van der Waals surface area contributed by atoms with E-state index in [0.717, 1.165) is 10.5 Å². The molecule has 1 aromatic carbocycles. The number of nitrogens with zero attached hydrogens (tertiary/aromatic N) is 1. The van der Waals surface area contributed by atoms with Crippen molar-refractivity contribution in [3.05, 3.63) is 29.8 Å². The van der Waals surface area contributed by atoms with Crippen molar-refractivity contribution in [3.8, 4) is 0 Å². The number of rotatable bonds is 4. The molecule has 1 rings (SSSR count). The summed E-state index contributed by atoms with van der Waals surface area (Å²) in [7, 11) is 0.752. The Kier molecular flexibility index (Phi) is 4.65. The molecule has 0 aliphatic heterocycles. The van der Waals surface area contributed by atoms with Crippen LogP contribution in [-0.2, 0) is 22.1 Å². The van der Waals surface area contributed by atoms with Crippen molar-refractivity contribution in [2.45, 2.75) is 30.8 Å². The normalized spacial score (nSPS) is 13.2. The van der Waals surface area contributed by atoms with E-state index in [-0.39, 0.29) is 5.91 Å². The van der Waals surface area contributed by atoms with Gasteiger partial charge in [0, 0.05) is 35.5 Å². The number of carbonyl (C=O) groups is 1. The molecule has 4 nitrogen and oxygen atoms in total. The van der Waals surface area contributed by atoms with Gasteiger partial charge in [0.2, 0.25) is 5.91 Å². The molecule has 0 radical (unpaired) electrons. The van der Waals surface area contributed by atoms with Gasteiger partial charge in [-0.1, -0.05) is 12.1 Å². The second-order valence-electron chi connectivity index (χ2n) is 4.98. The average molecular weight is 268 g/mol. The largest absolute Gasteiger partial charge is 0.340 e. The highest BCUT2D eigenvalue weighted by Crippen LogP contribution is 2.11. The third-order valence-corrected chi connectivity index (χ3v) is 3.51. The van der Waals surface area contributed by atoms with Crippen LogP contribution >= 0.6 is 0 Å². The number of hydrogen-bond donors (Lipinski definition) is 1. The number of amides is 1. The van der Waals surface area contributed by atoms with Gasteiger partial charge in [-0.05, 0) is 31.5 Å². The Bertz CT molecular complexity index is 449. The van der Waals surface area contributed by atoms with Crippen LogP contribution in [0.2, 0.25) is 0 Å². The van der Waals surface area contributed by atoms with E-state index in [9.17, 15) is 9.00 Å². The van der Waals surface area contributed by atoms with Gasteiger partial charge in [-0.25, -0.2) is 0 Å². The minimum Gasteiger partial charge on any atom is -0.340 e. The third kappa shape index (κ3) is 3.92. The van der Waals surface area contributed by atoms with Crippen LogP contribution in [0.1, 0.15) is 19.4 Å². The Morgan fingerprint density at radius 3 is 2.22 bits per heavy atom. The standard InChI is InChI=1S/C13H20N2O2S/c1-13(2,14)12(16)15(3)9-10-5-7-11(8-6-10)18(4)17/h5-8H,9,14H2,1-4H3. The Morgan fingerprint density at radius 2 is 1.83 bits per heavy atom. The van der Waals surface area contributed by atoms with Gasteiger partial charge in [-0.2, -0.15) is 0 Å². The first-order valence-corrected chi connectivity index (χ1v) is 7.24. The van der Waals surface area contributed by atoms with E-state index in [1.807, 2.05) is 24.3 Å². The van der Waals surface area contributed by atoms with E-state index in [2.05, 4.69) is 0 Å². The van der Waals surface area contributed by atoms with Crippen LogP contribution in [0.4, 0.5) is 0 Å². The SMILES string of the molecule is CN(Cc1ccc(S(C)=O)cc1)C(=O)C(C)(C)N. The summed E-state index contributed by atoms with van der Waals surface area (Å²) in [6, 6.07) is 7.39. The zero-order valence-corrected chi connectivity index (χ0v) is 12.1. The summed E-state index contributed by atoms with van der Waals surface area (Å²) in [5, 5.41) is 0. The maximum Gasteiger partial charge on any atom is 0.242 e. The molecule has 1 atom stereocenters. The second-order valence-corrected chi connectivity index (χ2v) is 6.36. The summed E-state index contributed by atoms with van der Waals surface area (Å²) in [6.45, 7) is 3.88. The van der Waals surface area contributed by atoms with Crippen LogP contribution in [0.25, 0.3) is 0 Å². The highest BCUT2D eigenvalue weighted by Gasteiger charge is 2.25. The molecule has 1 amide bonds. The molecular weight excluding hydrogens is 248 g/mol. The first kappa shape index (κ1) is 14.9. The lowest BCUT2D eigenvalue weighted by Crippen LogP contribution is -2.49. The molecule has 2 N–H and O–H groups in total. The van der Waals surface area contributed by atoms with E-state index in [1.54, 1.807) is 32.1 Å². The summed E-state index contributed by atoms with van der Waals surface area (Å²) >= 11 is 0. The van der Waals surface area contributed by atoms with Crippen molar-refractivity contribution < 1.29 is 9.00 Å². The number of benzene rings is 1. The molecule has 0 saturated carbocycles. The van der Waals surface area contributed by atoms with E-state index >= 15 is 0 Å². The van der Waals surface area contributed by atoms with Crippen LogP contribution in [0.3, 0.4) is 0 Å². The highest BCUT2D eigenvalue weighted by atomic mass is 32.2.